The molecule has 0 aliphatic heterocycles. The molecule has 208 valence electrons. The molecule has 4 rings (SSSR count). The lowest BCUT2D eigenvalue weighted by atomic mass is 9.91. The molecule has 0 saturated heterocycles. The number of hydrogen-bond acceptors (Lipinski definition) is 5. The van der Waals surface area contributed by atoms with Gasteiger partial charge in [0.2, 0.25) is 0 Å². The Hall–Kier alpha value is -3.15. The fourth-order valence-electron chi connectivity index (χ4n) is 5.57. The number of carbonyl (C=O) groups excluding carboxylic acids is 1. The number of ether oxygens (including phenoxy) is 3. The van der Waals surface area contributed by atoms with Crippen molar-refractivity contribution in [1.82, 2.24) is 4.90 Å². The van der Waals surface area contributed by atoms with Gasteiger partial charge in [0.1, 0.15) is 12.4 Å². The van der Waals surface area contributed by atoms with Gasteiger partial charge in [-0.05, 0) is 85.7 Å². The largest absolute Gasteiger partial charge is 0.492 e. The van der Waals surface area contributed by atoms with E-state index < -0.39 is 6.10 Å². The molecule has 0 N–H and O–H groups in total. The number of rotatable bonds is 12. The molecule has 39 heavy (non-hydrogen) atoms. The van der Waals surface area contributed by atoms with Crippen molar-refractivity contribution in [2.45, 2.75) is 65.0 Å². The second kappa shape index (κ2) is 13.8. The molecule has 5 heteroatoms. The molecule has 0 radical (unpaired) electrons. The van der Waals surface area contributed by atoms with Crippen LogP contribution in [0.2, 0.25) is 0 Å². The number of likely N-dealkylation sites (N-methyl/N-ethyl adjacent to an activating group) is 1. The quantitative estimate of drug-likeness (QED) is 0.259. The lowest BCUT2D eigenvalue weighted by Gasteiger charge is -2.31. The molecule has 0 spiro atoms. The van der Waals surface area contributed by atoms with Crippen LogP contribution < -0.4 is 4.74 Å². The van der Waals surface area contributed by atoms with Crippen molar-refractivity contribution in [3.63, 3.8) is 0 Å². The molecule has 0 aromatic heterocycles. The number of hydrogen-bond donors (Lipinski definition) is 0. The molecule has 1 aliphatic carbocycles. The summed E-state index contributed by atoms with van der Waals surface area (Å²) in [6.45, 7) is 7.95. The summed E-state index contributed by atoms with van der Waals surface area (Å²) in [5, 5.41) is 0. The third-order valence-corrected chi connectivity index (χ3v) is 7.63. The number of methoxy groups -OCH3 is 1. The fraction of sp³-hybridized carbons (Fsp3) is 0.441. The Morgan fingerprint density at radius 2 is 1.69 bits per heavy atom. The topological polar surface area (TPSA) is 48.0 Å². The lowest BCUT2D eigenvalue weighted by Crippen LogP contribution is -2.30. The Morgan fingerprint density at radius 3 is 2.41 bits per heavy atom. The van der Waals surface area contributed by atoms with Crippen LogP contribution in [0, 0.1) is 6.92 Å². The van der Waals surface area contributed by atoms with Gasteiger partial charge in [-0.15, -0.1) is 0 Å². The zero-order valence-electron chi connectivity index (χ0n) is 24.2. The zero-order chi connectivity index (χ0) is 27.8. The smallest absolute Gasteiger partial charge is 0.335 e. The van der Waals surface area contributed by atoms with Gasteiger partial charge in [-0.2, -0.15) is 0 Å². The van der Waals surface area contributed by atoms with E-state index in [2.05, 4.69) is 62.2 Å². The highest BCUT2D eigenvalue weighted by Crippen LogP contribution is 2.37. The van der Waals surface area contributed by atoms with E-state index in [4.69, 9.17) is 14.2 Å². The molecular formula is C34H43NO4. The number of esters is 1. The van der Waals surface area contributed by atoms with Crippen LogP contribution >= 0.6 is 0 Å². The molecule has 0 bridgehead atoms. The van der Waals surface area contributed by atoms with Crippen molar-refractivity contribution in [2.75, 3.05) is 33.9 Å². The lowest BCUT2D eigenvalue weighted by molar-refractivity contribution is -0.154. The van der Waals surface area contributed by atoms with Crippen LogP contribution in [0.4, 0.5) is 0 Å². The van der Waals surface area contributed by atoms with Crippen LogP contribution in [0.15, 0.2) is 60.7 Å². The molecular weight excluding hydrogens is 486 g/mol. The summed E-state index contributed by atoms with van der Waals surface area (Å²) in [4.78, 5) is 14.5. The maximum absolute atomic E-state index is 12.0. The van der Waals surface area contributed by atoms with Gasteiger partial charge in [0, 0.05) is 20.1 Å². The number of aryl methyl sites for hydroxylation is 4. The first kappa shape index (κ1) is 28.8. The van der Waals surface area contributed by atoms with Crippen molar-refractivity contribution in [1.29, 1.82) is 0 Å². The van der Waals surface area contributed by atoms with Crippen LogP contribution in [0.1, 0.15) is 65.3 Å². The van der Waals surface area contributed by atoms with Crippen molar-refractivity contribution in [3.8, 4) is 5.75 Å². The van der Waals surface area contributed by atoms with Gasteiger partial charge in [-0.1, -0.05) is 67.4 Å². The average molecular weight is 530 g/mol. The van der Waals surface area contributed by atoms with Crippen molar-refractivity contribution >= 4 is 5.97 Å². The Bertz CT molecular complexity index is 1240. The maximum atomic E-state index is 12.0. The summed E-state index contributed by atoms with van der Waals surface area (Å²) in [5.74, 6) is 0.488. The molecule has 0 fully saturated rings. The van der Waals surface area contributed by atoms with Crippen LogP contribution in [0.3, 0.4) is 0 Å². The Morgan fingerprint density at radius 1 is 0.949 bits per heavy atom. The minimum absolute atomic E-state index is 0.203. The number of benzene rings is 3. The van der Waals surface area contributed by atoms with Gasteiger partial charge >= 0.3 is 5.97 Å². The van der Waals surface area contributed by atoms with E-state index >= 15 is 0 Å². The van der Waals surface area contributed by atoms with E-state index in [-0.39, 0.29) is 12.0 Å². The number of fused-ring (bicyclic) bond motifs is 2. The van der Waals surface area contributed by atoms with E-state index in [0.29, 0.717) is 19.6 Å². The Kier molecular flexibility index (Phi) is 10.2. The molecule has 2 atom stereocenters. The molecule has 2 unspecified atom stereocenters. The van der Waals surface area contributed by atoms with Gasteiger partial charge < -0.3 is 14.2 Å². The van der Waals surface area contributed by atoms with Crippen LogP contribution in [-0.4, -0.2) is 50.9 Å². The number of carbonyl (C=O) groups is 1. The van der Waals surface area contributed by atoms with E-state index in [1.165, 1.54) is 40.5 Å². The van der Waals surface area contributed by atoms with Crippen molar-refractivity contribution in [3.05, 3.63) is 99.6 Å². The van der Waals surface area contributed by atoms with Crippen LogP contribution in [0.25, 0.3) is 0 Å². The molecule has 0 saturated carbocycles. The molecule has 0 amide bonds. The molecule has 3 aromatic carbocycles. The fourth-order valence-corrected chi connectivity index (χ4v) is 5.57. The average Bonchev–Trinajstić information content (AvgIpc) is 3.09. The first-order chi connectivity index (χ1) is 18.9. The summed E-state index contributed by atoms with van der Waals surface area (Å²) in [7, 11) is 3.75. The first-order valence-corrected chi connectivity index (χ1v) is 14.3. The predicted octanol–water partition coefficient (Wildman–Crippen LogP) is 6.27. The highest BCUT2D eigenvalue weighted by molar-refractivity contribution is 5.75. The van der Waals surface area contributed by atoms with Gasteiger partial charge in [-0.3, -0.25) is 4.90 Å². The van der Waals surface area contributed by atoms with E-state index in [0.717, 1.165) is 43.5 Å². The highest BCUT2D eigenvalue weighted by Gasteiger charge is 2.27. The molecule has 0 heterocycles. The molecule has 1 aliphatic rings. The van der Waals surface area contributed by atoms with Gasteiger partial charge in [0.05, 0.1) is 12.6 Å². The first-order valence-electron chi connectivity index (χ1n) is 14.3. The summed E-state index contributed by atoms with van der Waals surface area (Å²) in [6, 6.07) is 22.1. The second-order valence-corrected chi connectivity index (χ2v) is 10.5. The maximum Gasteiger partial charge on any atom is 0.335 e. The Labute approximate surface area is 234 Å². The SMILES string of the molecule is CCCc1ccc2c(c1)C(N(C)CCOc1ccc(CC(OC)C(=O)OCC)cc1)c1ccc(C)cc1CC2. The van der Waals surface area contributed by atoms with Crippen LogP contribution in [-0.2, 0) is 40.0 Å². The van der Waals surface area contributed by atoms with E-state index in [1.54, 1.807) is 6.92 Å². The molecule has 5 nitrogen and oxygen atoms in total. The number of nitrogens with zero attached hydrogens (tertiary/aromatic N) is 1. The zero-order valence-corrected chi connectivity index (χ0v) is 24.2. The standard InChI is InChI=1S/C34H43NO4/c1-6-8-25-10-13-27-14-15-28-21-24(3)9-18-30(28)33(31(27)22-25)35(4)19-20-39-29-16-11-26(12-17-29)23-32(37-5)34(36)38-7-2/h9-13,16-18,21-22,32-33H,6-8,14-15,19-20,23H2,1-5H3. The van der Waals surface area contributed by atoms with Crippen LogP contribution in [0.5, 0.6) is 5.75 Å². The third-order valence-electron chi connectivity index (χ3n) is 7.63. The second-order valence-electron chi connectivity index (χ2n) is 10.5. The normalized spacial score (nSPS) is 15.3. The monoisotopic (exact) mass is 529 g/mol. The summed E-state index contributed by atoms with van der Waals surface area (Å²) >= 11 is 0. The van der Waals surface area contributed by atoms with Crippen molar-refractivity contribution < 1.29 is 19.0 Å². The minimum Gasteiger partial charge on any atom is -0.492 e. The highest BCUT2D eigenvalue weighted by atomic mass is 16.6. The summed E-state index contributed by atoms with van der Waals surface area (Å²) < 4.78 is 16.6. The van der Waals surface area contributed by atoms with E-state index in [9.17, 15) is 4.79 Å². The predicted molar refractivity (Wildman–Crippen MR) is 157 cm³/mol. The van der Waals surface area contributed by atoms with Gasteiger partial charge in [0.25, 0.3) is 0 Å². The van der Waals surface area contributed by atoms with Gasteiger partial charge in [0.15, 0.2) is 6.10 Å². The third kappa shape index (κ3) is 7.28. The van der Waals surface area contributed by atoms with Crippen molar-refractivity contribution in [2.24, 2.45) is 0 Å². The van der Waals surface area contributed by atoms with E-state index in [1.807, 2.05) is 24.3 Å². The Balaban J connectivity index is 1.45. The summed E-state index contributed by atoms with van der Waals surface area (Å²) in [5.41, 5.74) is 9.49. The summed E-state index contributed by atoms with van der Waals surface area (Å²) in [6.07, 6.45) is 4.27. The van der Waals surface area contributed by atoms with Gasteiger partial charge in [-0.25, -0.2) is 4.79 Å². The minimum atomic E-state index is -0.600. The molecule has 3 aromatic rings.